The lowest BCUT2D eigenvalue weighted by atomic mass is 9.78. The summed E-state index contributed by atoms with van der Waals surface area (Å²) in [5.41, 5.74) is 0.868. The van der Waals surface area contributed by atoms with E-state index in [4.69, 9.17) is 0 Å². The minimum Gasteiger partial charge on any atom is -0.311 e. The summed E-state index contributed by atoms with van der Waals surface area (Å²) in [6.07, 6.45) is 2.70. The van der Waals surface area contributed by atoms with Crippen LogP contribution in [-0.4, -0.2) is 61.7 Å². The molecule has 3 heteroatoms. The summed E-state index contributed by atoms with van der Waals surface area (Å²) in [5.74, 6) is 0. The first-order valence-electron chi connectivity index (χ1n) is 8.36. The molecule has 2 aliphatic heterocycles. The van der Waals surface area contributed by atoms with Gasteiger partial charge in [0.1, 0.15) is 0 Å². The van der Waals surface area contributed by atoms with Crippen molar-refractivity contribution in [3.05, 3.63) is 0 Å². The van der Waals surface area contributed by atoms with E-state index in [1.807, 2.05) is 0 Å². The number of nitrogens with zero attached hydrogens (tertiary/aromatic N) is 2. The Hall–Kier alpha value is -0.120. The van der Waals surface area contributed by atoms with Gasteiger partial charge in [-0.2, -0.15) is 0 Å². The maximum atomic E-state index is 3.75. The number of nitrogens with one attached hydrogen (secondary N) is 1. The van der Waals surface area contributed by atoms with Crippen LogP contribution in [0.5, 0.6) is 0 Å². The Labute approximate surface area is 126 Å². The Morgan fingerprint density at radius 2 is 1.80 bits per heavy atom. The maximum absolute atomic E-state index is 3.75. The average Bonchev–Trinajstić information content (AvgIpc) is 2.35. The molecule has 20 heavy (non-hydrogen) atoms. The number of rotatable bonds is 2. The molecule has 0 radical (unpaired) electrons. The second-order valence-electron chi connectivity index (χ2n) is 8.72. The number of piperidine rings is 1. The molecule has 2 unspecified atom stereocenters. The first-order valence-corrected chi connectivity index (χ1v) is 8.36. The van der Waals surface area contributed by atoms with Gasteiger partial charge in [0.25, 0.3) is 0 Å². The zero-order valence-corrected chi connectivity index (χ0v) is 14.5. The summed E-state index contributed by atoms with van der Waals surface area (Å²) in [7, 11) is 2.25. The minimum atomic E-state index is 0.353. The van der Waals surface area contributed by atoms with Crippen LogP contribution in [-0.2, 0) is 0 Å². The molecule has 2 heterocycles. The largest absolute Gasteiger partial charge is 0.311 e. The van der Waals surface area contributed by atoms with Gasteiger partial charge in [0.05, 0.1) is 0 Å². The van der Waals surface area contributed by atoms with Gasteiger partial charge < -0.3 is 10.2 Å². The van der Waals surface area contributed by atoms with Gasteiger partial charge in [-0.15, -0.1) is 0 Å². The van der Waals surface area contributed by atoms with E-state index in [-0.39, 0.29) is 0 Å². The molecule has 118 valence electrons. The summed E-state index contributed by atoms with van der Waals surface area (Å²) in [5, 5.41) is 3.75. The fourth-order valence-electron chi connectivity index (χ4n) is 3.53. The minimum absolute atomic E-state index is 0.353. The van der Waals surface area contributed by atoms with Crippen LogP contribution in [0.3, 0.4) is 0 Å². The standard InChI is InChI=1S/C17H35N3/c1-14-11-18-15(16(2,3)4)12-20(14)13-17(5)7-9-19(6)10-8-17/h14-15,18H,7-13H2,1-6H3. The maximum Gasteiger partial charge on any atom is 0.0244 e. The topological polar surface area (TPSA) is 18.5 Å². The van der Waals surface area contributed by atoms with Gasteiger partial charge in [-0.3, -0.25) is 4.90 Å². The highest BCUT2D eigenvalue weighted by Gasteiger charge is 2.37. The van der Waals surface area contributed by atoms with Gasteiger partial charge in [0, 0.05) is 31.7 Å². The number of hydrogen-bond acceptors (Lipinski definition) is 3. The van der Waals surface area contributed by atoms with Gasteiger partial charge in [0.2, 0.25) is 0 Å². The molecule has 0 aromatic rings. The van der Waals surface area contributed by atoms with Crippen molar-refractivity contribution in [2.75, 3.05) is 39.8 Å². The molecule has 2 saturated heterocycles. The van der Waals surface area contributed by atoms with Crippen molar-refractivity contribution in [3.8, 4) is 0 Å². The first kappa shape index (κ1) is 16.3. The second-order valence-corrected chi connectivity index (χ2v) is 8.72. The van der Waals surface area contributed by atoms with Crippen molar-refractivity contribution >= 4 is 0 Å². The monoisotopic (exact) mass is 281 g/mol. The summed E-state index contributed by atoms with van der Waals surface area (Å²) >= 11 is 0. The van der Waals surface area contributed by atoms with E-state index in [9.17, 15) is 0 Å². The van der Waals surface area contributed by atoms with Crippen LogP contribution >= 0.6 is 0 Å². The predicted molar refractivity (Wildman–Crippen MR) is 87.1 cm³/mol. The highest BCUT2D eigenvalue weighted by Crippen LogP contribution is 2.33. The molecular weight excluding hydrogens is 246 g/mol. The van der Waals surface area contributed by atoms with Crippen molar-refractivity contribution in [2.24, 2.45) is 10.8 Å². The van der Waals surface area contributed by atoms with Crippen LogP contribution in [0.25, 0.3) is 0 Å². The fourth-order valence-corrected chi connectivity index (χ4v) is 3.53. The quantitative estimate of drug-likeness (QED) is 0.838. The summed E-state index contributed by atoms with van der Waals surface area (Å²) in [6, 6.07) is 1.29. The molecule has 1 N–H and O–H groups in total. The van der Waals surface area contributed by atoms with E-state index in [0.717, 1.165) is 6.54 Å². The van der Waals surface area contributed by atoms with Crippen molar-refractivity contribution in [3.63, 3.8) is 0 Å². The third-order valence-corrected chi connectivity index (χ3v) is 5.52. The molecule has 2 fully saturated rings. The Bertz CT molecular complexity index is 313. The normalized spacial score (nSPS) is 33.3. The summed E-state index contributed by atoms with van der Waals surface area (Å²) in [4.78, 5) is 5.22. The van der Waals surface area contributed by atoms with Crippen molar-refractivity contribution in [1.82, 2.24) is 15.1 Å². The van der Waals surface area contributed by atoms with Gasteiger partial charge in [-0.05, 0) is 50.7 Å². The highest BCUT2D eigenvalue weighted by atomic mass is 15.2. The highest BCUT2D eigenvalue weighted by molar-refractivity contribution is 4.93. The Morgan fingerprint density at radius 3 is 2.35 bits per heavy atom. The molecule has 0 saturated carbocycles. The lowest BCUT2D eigenvalue weighted by molar-refractivity contribution is 0.0306. The molecule has 3 nitrogen and oxygen atoms in total. The Morgan fingerprint density at radius 1 is 1.20 bits per heavy atom. The summed E-state index contributed by atoms with van der Waals surface area (Å²) < 4.78 is 0. The van der Waals surface area contributed by atoms with Crippen molar-refractivity contribution in [1.29, 1.82) is 0 Å². The number of piperazine rings is 1. The average molecular weight is 281 g/mol. The van der Waals surface area contributed by atoms with E-state index >= 15 is 0 Å². The SMILES string of the molecule is CC1CNC(C(C)(C)C)CN1CC1(C)CCN(C)CC1. The van der Waals surface area contributed by atoms with Crippen LogP contribution in [0.2, 0.25) is 0 Å². The predicted octanol–water partition coefficient (Wildman–Crippen LogP) is 2.43. The van der Waals surface area contributed by atoms with Crippen LogP contribution < -0.4 is 5.32 Å². The van der Waals surface area contributed by atoms with Crippen molar-refractivity contribution < 1.29 is 0 Å². The zero-order chi connectivity index (χ0) is 15.0. The summed E-state index contributed by atoms with van der Waals surface area (Å²) in [6.45, 7) is 18.1. The molecule has 0 aromatic heterocycles. The molecule has 0 aromatic carbocycles. The van der Waals surface area contributed by atoms with Gasteiger partial charge in [-0.1, -0.05) is 27.7 Å². The molecule has 0 amide bonds. The Balaban J connectivity index is 1.96. The smallest absolute Gasteiger partial charge is 0.0244 e. The molecule has 0 bridgehead atoms. The van der Waals surface area contributed by atoms with E-state index in [1.54, 1.807) is 0 Å². The van der Waals surface area contributed by atoms with E-state index in [2.05, 4.69) is 56.8 Å². The molecule has 2 atom stereocenters. The van der Waals surface area contributed by atoms with Crippen LogP contribution in [0.15, 0.2) is 0 Å². The van der Waals surface area contributed by atoms with Crippen LogP contribution in [0.1, 0.15) is 47.5 Å². The molecule has 2 aliphatic rings. The van der Waals surface area contributed by atoms with Gasteiger partial charge in [0.15, 0.2) is 0 Å². The third-order valence-electron chi connectivity index (χ3n) is 5.52. The first-order chi connectivity index (χ1) is 9.20. The molecule has 2 rings (SSSR count). The van der Waals surface area contributed by atoms with E-state index in [0.29, 0.717) is 22.9 Å². The molecule has 0 aliphatic carbocycles. The lowest BCUT2D eigenvalue weighted by Crippen LogP contribution is -2.61. The molecular formula is C17H35N3. The number of likely N-dealkylation sites (tertiary alicyclic amines) is 1. The van der Waals surface area contributed by atoms with E-state index in [1.165, 1.54) is 39.0 Å². The molecule has 0 spiro atoms. The van der Waals surface area contributed by atoms with Crippen molar-refractivity contribution in [2.45, 2.75) is 59.5 Å². The lowest BCUT2D eigenvalue weighted by Gasteiger charge is -2.48. The van der Waals surface area contributed by atoms with Gasteiger partial charge in [-0.25, -0.2) is 0 Å². The second kappa shape index (κ2) is 5.94. The van der Waals surface area contributed by atoms with Crippen LogP contribution in [0, 0.1) is 10.8 Å². The fraction of sp³-hybridized carbons (Fsp3) is 1.00. The zero-order valence-electron chi connectivity index (χ0n) is 14.5. The number of hydrogen-bond donors (Lipinski definition) is 1. The third kappa shape index (κ3) is 3.96. The Kier molecular flexibility index (Phi) is 4.83. The van der Waals surface area contributed by atoms with Gasteiger partial charge >= 0.3 is 0 Å². The van der Waals surface area contributed by atoms with E-state index < -0.39 is 0 Å². The van der Waals surface area contributed by atoms with Crippen LogP contribution in [0.4, 0.5) is 0 Å².